The van der Waals surface area contributed by atoms with Crippen LogP contribution in [0.2, 0.25) is 0 Å². The number of ether oxygens (including phenoxy) is 2. The van der Waals surface area contributed by atoms with Gasteiger partial charge in [0.25, 0.3) is 5.91 Å². The number of carbonyl (C=O) groups excluding carboxylic acids is 2. The van der Waals surface area contributed by atoms with Crippen molar-refractivity contribution in [1.29, 1.82) is 0 Å². The summed E-state index contributed by atoms with van der Waals surface area (Å²) in [5, 5.41) is 3.17. The van der Waals surface area contributed by atoms with E-state index in [1.54, 1.807) is 25.3 Å². The van der Waals surface area contributed by atoms with Crippen LogP contribution in [0.3, 0.4) is 0 Å². The second-order valence-electron chi connectivity index (χ2n) is 9.02. The Balaban J connectivity index is 1.36. The minimum Gasteiger partial charge on any atom is -0.497 e. The molecule has 29 heavy (non-hydrogen) atoms. The zero-order valence-corrected chi connectivity index (χ0v) is 17.1. The Hall–Kier alpha value is -2.28. The summed E-state index contributed by atoms with van der Waals surface area (Å²) in [5.41, 5.74) is -0.152. The number of hydrogen-bond acceptors (Lipinski definition) is 5. The molecule has 2 amide bonds. The number of hydrogen-bond donors (Lipinski definition) is 1. The van der Waals surface area contributed by atoms with E-state index in [0.29, 0.717) is 29.4 Å². The molecule has 0 aromatic heterocycles. The molecular formula is C22H29N3O4. The molecule has 1 spiro atoms. The maximum atomic E-state index is 13.2. The van der Waals surface area contributed by atoms with E-state index in [0.717, 1.165) is 45.4 Å². The minimum atomic E-state index is -0.696. The summed E-state index contributed by atoms with van der Waals surface area (Å²) in [6.45, 7) is 3.51. The number of methoxy groups -OCH3 is 1. The molecule has 1 aromatic rings. The summed E-state index contributed by atoms with van der Waals surface area (Å²) < 4.78 is 11.8. The average molecular weight is 399 g/mol. The number of nitrogens with one attached hydrogen (secondary N) is 1. The smallest absolute Gasteiger partial charge is 0.258 e. The van der Waals surface area contributed by atoms with Gasteiger partial charge in [-0.2, -0.15) is 0 Å². The van der Waals surface area contributed by atoms with Gasteiger partial charge in [-0.15, -0.1) is 0 Å². The van der Waals surface area contributed by atoms with Crippen molar-refractivity contribution in [3.8, 4) is 11.5 Å². The number of rotatable bonds is 2. The molecule has 3 aliphatic carbocycles. The molecule has 0 unspecified atom stereocenters. The summed E-state index contributed by atoms with van der Waals surface area (Å²) in [5.74, 6) is 1.92. The van der Waals surface area contributed by atoms with E-state index < -0.39 is 5.72 Å². The van der Waals surface area contributed by atoms with Crippen molar-refractivity contribution in [2.45, 2.75) is 31.4 Å². The van der Waals surface area contributed by atoms with Crippen LogP contribution >= 0.6 is 0 Å². The molecule has 1 saturated heterocycles. The Kier molecular flexibility index (Phi) is 4.46. The fourth-order valence-electron chi connectivity index (χ4n) is 5.68. The average Bonchev–Trinajstić information content (AvgIpc) is 2.73. The second kappa shape index (κ2) is 6.90. The van der Waals surface area contributed by atoms with Gasteiger partial charge < -0.3 is 24.6 Å². The normalized spacial score (nSPS) is 33.8. The van der Waals surface area contributed by atoms with Gasteiger partial charge in [0, 0.05) is 50.5 Å². The molecule has 6 rings (SSSR count). The van der Waals surface area contributed by atoms with Crippen molar-refractivity contribution < 1.29 is 19.1 Å². The largest absolute Gasteiger partial charge is 0.497 e. The van der Waals surface area contributed by atoms with Gasteiger partial charge in [0.05, 0.1) is 12.7 Å². The van der Waals surface area contributed by atoms with Crippen LogP contribution in [0.1, 0.15) is 36.0 Å². The Morgan fingerprint density at radius 2 is 2.03 bits per heavy atom. The summed E-state index contributed by atoms with van der Waals surface area (Å²) >= 11 is 0. The van der Waals surface area contributed by atoms with Gasteiger partial charge in [-0.1, -0.05) is 0 Å². The SMILES string of the molecule is COc1ccc2c(c1)O[C@@]1(C[C@H]3CC[C@H]1C[C@H]3C(=O)N1CCN(C)CC1)NC2=O. The van der Waals surface area contributed by atoms with E-state index in [9.17, 15) is 9.59 Å². The molecule has 3 saturated carbocycles. The van der Waals surface area contributed by atoms with E-state index in [-0.39, 0.29) is 23.7 Å². The standard InChI is InChI=1S/C22H29N3O4/c1-24-7-9-25(10-8-24)21(27)18-11-15-4-3-14(18)13-22(15)23-20(26)17-6-5-16(28-2)12-19(17)29-22/h5-6,12,14-15,18H,3-4,7-11,13H2,1-2H3,(H,23,26)/t14-,15+,18-,22-/m1/s1. The predicted molar refractivity (Wildman–Crippen MR) is 107 cm³/mol. The third-order valence-electron chi connectivity index (χ3n) is 7.40. The summed E-state index contributed by atoms with van der Waals surface area (Å²) in [6.07, 6.45) is 3.50. The molecule has 1 N–H and O–H groups in total. The van der Waals surface area contributed by atoms with Gasteiger partial charge in [-0.3, -0.25) is 9.59 Å². The lowest BCUT2D eigenvalue weighted by Crippen LogP contribution is -2.67. The summed E-state index contributed by atoms with van der Waals surface area (Å²) in [6, 6.07) is 5.32. The molecule has 2 bridgehead atoms. The van der Waals surface area contributed by atoms with Crippen LogP contribution in [0.25, 0.3) is 0 Å². The molecule has 2 aliphatic heterocycles. The topological polar surface area (TPSA) is 71.1 Å². The van der Waals surface area contributed by atoms with Gasteiger partial charge in [-0.05, 0) is 44.4 Å². The molecule has 7 nitrogen and oxygen atoms in total. The van der Waals surface area contributed by atoms with Crippen molar-refractivity contribution in [3.05, 3.63) is 23.8 Å². The van der Waals surface area contributed by atoms with Gasteiger partial charge in [0.15, 0.2) is 5.72 Å². The zero-order chi connectivity index (χ0) is 20.2. The molecule has 7 heteroatoms. The first-order valence-electron chi connectivity index (χ1n) is 10.7. The maximum Gasteiger partial charge on any atom is 0.258 e. The van der Waals surface area contributed by atoms with Crippen molar-refractivity contribution in [3.63, 3.8) is 0 Å². The lowest BCUT2D eigenvalue weighted by atomic mass is 9.59. The third-order valence-corrected chi connectivity index (χ3v) is 7.40. The molecule has 1 aromatic carbocycles. The Morgan fingerprint density at radius 3 is 2.72 bits per heavy atom. The van der Waals surface area contributed by atoms with Gasteiger partial charge >= 0.3 is 0 Å². The van der Waals surface area contributed by atoms with Gasteiger partial charge in [-0.25, -0.2) is 0 Å². The molecular weight excluding hydrogens is 370 g/mol. The zero-order valence-electron chi connectivity index (χ0n) is 17.1. The third kappa shape index (κ3) is 3.06. The first-order valence-corrected chi connectivity index (χ1v) is 10.7. The molecule has 2 heterocycles. The van der Waals surface area contributed by atoms with Crippen molar-refractivity contribution in [2.75, 3.05) is 40.3 Å². The highest BCUT2D eigenvalue weighted by molar-refractivity contribution is 5.98. The summed E-state index contributed by atoms with van der Waals surface area (Å²) in [7, 11) is 3.71. The first kappa shape index (κ1) is 18.7. The monoisotopic (exact) mass is 399 g/mol. The van der Waals surface area contributed by atoms with Crippen LogP contribution in [0.15, 0.2) is 18.2 Å². The van der Waals surface area contributed by atoms with Crippen LogP contribution in [-0.4, -0.2) is 67.7 Å². The number of carbonyl (C=O) groups is 2. The van der Waals surface area contributed by atoms with Crippen LogP contribution < -0.4 is 14.8 Å². The first-order chi connectivity index (χ1) is 14.0. The number of piperazine rings is 1. The molecule has 4 fully saturated rings. The second-order valence-corrected chi connectivity index (χ2v) is 9.02. The van der Waals surface area contributed by atoms with Crippen LogP contribution in [0, 0.1) is 17.8 Å². The Morgan fingerprint density at radius 1 is 1.24 bits per heavy atom. The minimum absolute atomic E-state index is 0.0509. The number of benzene rings is 1. The predicted octanol–water partition coefficient (Wildman–Crippen LogP) is 1.72. The Bertz CT molecular complexity index is 835. The molecule has 5 aliphatic rings. The van der Waals surface area contributed by atoms with E-state index in [1.165, 1.54) is 0 Å². The Labute approximate surface area is 171 Å². The summed E-state index contributed by atoms with van der Waals surface area (Å²) in [4.78, 5) is 30.4. The van der Waals surface area contributed by atoms with Crippen molar-refractivity contribution in [2.24, 2.45) is 17.8 Å². The number of nitrogens with zero attached hydrogens (tertiary/aromatic N) is 2. The molecule has 0 radical (unpaired) electrons. The number of amides is 2. The van der Waals surface area contributed by atoms with Crippen molar-refractivity contribution in [1.82, 2.24) is 15.1 Å². The van der Waals surface area contributed by atoms with Crippen molar-refractivity contribution >= 4 is 11.8 Å². The number of fused-ring (bicyclic) bond motifs is 3. The lowest BCUT2D eigenvalue weighted by molar-refractivity contribution is -0.156. The fourth-order valence-corrected chi connectivity index (χ4v) is 5.68. The van der Waals surface area contributed by atoms with Crippen LogP contribution in [0.5, 0.6) is 11.5 Å². The van der Waals surface area contributed by atoms with Crippen LogP contribution in [0.4, 0.5) is 0 Å². The highest BCUT2D eigenvalue weighted by atomic mass is 16.5. The fraction of sp³-hybridized carbons (Fsp3) is 0.636. The van der Waals surface area contributed by atoms with Crippen LogP contribution in [-0.2, 0) is 4.79 Å². The quantitative estimate of drug-likeness (QED) is 0.820. The molecule has 4 atom stereocenters. The van der Waals surface area contributed by atoms with E-state index >= 15 is 0 Å². The van der Waals surface area contributed by atoms with Gasteiger partial charge in [0.1, 0.15) is 11.5 Å². The van der Waals surface area contributed by atoms with E-state index in [1.807, 2.05) is 4.90 Å². The molecule has 156 valence electrons. The number of likely N-dealkylation sites (N-methyl/N-ethyl adjacent to an activating group) is 1. The highest BCUT2D eigenvalue weighted by Gasteiger charge is 2.57. The van der Waals surface area contributed by atoms with E-state index in [4.69, 9.17) is 9.47 Å². The highest BCUT2D eigenvalue weighted by Crippen LogP contribution is 2.53. The lowest BCUT2D eigenvalue weighted by Gasteiger charge is -2.55. The maximum absolute atomic E-state index is 13.2. The van der Waals surface area contributed by atoms with Gasteiger partial charge in [0.2, 0.25) is 5.91 Å². The van der Waals surface area contributed by atoms with E-state index in [2.05, 4.69) is 17.3 Å².